The van der Waals surface area contributed by atoms with E-state index in [4.69, 9.17) is 0 Å². The van der Waals surface area contributed by atoms with Crippen LogP contribution in [-0.2, 0) is 15.0 Å². The van der Waals surface area contributed by atoms with Gasteiger partial charge in [-0.1, -0.05) is 19.3 Å². The number of rotatable bonds is 6. The predicted octanol–water partition coefficient (Wildman–Crippen LogP) is 1.52. The molecule has 1 aliphatic heterocycles. The fourth-order valence-corrected chi connectivity index (χ4v) is 5.99. The quantitative estimate of drug-likeness (QED) is 0.761. The number of nitrogens with one attached hydrogen (secondary N) is 1. The van der Waals surface area contributed by atoms with Gasteiger partial charge in [0.1, 0.15) is 0 Å². The number of carbonyl (C=O) groups excluding carboxylic acids is 1. The van der Waals surface area contributed by atoms with Gasteiger partial charge in [0.15, 0.2) is 5.13 Å². The Hall–Kier alpha value is -1.07. The predicted molar refractivity (Wildman–Crippen MR) is 107 cm³/mol. The van der Waals surface area contributed by atoms with Crippen LogP contribution in [0.4, 0.5) is 5.13 Å². The number of aromatic nitrogens is 1. The van der Waals surface area contributed by atoms with E-state index in [1.807, 2.05) is 17.2 Å². The first-order valence-corrected chi connectivity index (χ1v) is 11.8. The normalized spacial score (nSPS) is 20.9. The fourth-order valence-electron chi connectivity index (χ4n) is 3.71. The molecule has 2 aliphatic rings. The highest BCUT2D eigenvalue weighted by atomic mass is 32.2. The Morgan fingerprint density at radius 3 is 2.52 bits per heavy atom. The Kier molecular flexibility index (Phi) is 6.85. The molecule has 0 bridgehead atoms. The van der Waals surface area contributed by atoms with Crippen LogP contribution in [0.15, 0.2) is 5.38 Å². The molecule has 2 fully saturated rings. The molecule has 3 rings (SSSR count). The molecule has 0 radical (unpaired) electrons. The van der Waals surface area contributed by atoms with Crippen LogP contribution in [0.5, 0.6) is 0 Å². The number of amides is 1. The van der Waals surface area contributed by atoms with E-state index < -0.39 is 10.2 Å². The Morgan fingerprint density at radius 1 is 1.26 bits per heavy atom. The summed E-state index contributed by atoms with van der Waals surface area (Å²) in [5.74, 6) is -0.111. The van der Waals surface area contributed by atoms with E-state index in [9.17, 15) is 13.2 Å². The van der Waals surface area contributed by atoms with Crippen LogP contribution in [0.1, 0.15) is 37.8 Å². The van der Waals surface area contributed by atoms with E-state index in [1.165, 1.54) is 17.8 Å². The Bertz CT molecular complexity index is 738. The van der Waals surface area contributed by atoms with Crippen molar-refractivity contribution in [2.75, 3.05) is 45.1 Å². The van der Waals surface area contributed by atoms with Crippen LogP contribution >= 0.6 is 11.3 Å². The standard InChI is InChI=1S/C17H29N5O3S2/c1-14-13-26-17(18-14)19-16(23)12-21-8-10-22(11-9-21)27(24,25)20(2)15-6-4-3-5-7-15/h13,15H,3-12H2,1-2H3,(H,18,19,23). The van der Waals surface area contributed by atoms with Gasteiger partial charge in [-0.15, -0.1) is 11.3 Å². The Labute approximate surface area is 165 Å². The van der Waals surface area contributed by atoms with Crippen LogP contribution in [0.3, 0.4) is 0 Å². The number of carbonyl (C=O) groups is 1. The van der Waals surface area contributed by atoms with Crippen LogP contribution in [0.2, 0.25) is 0 Å². The molecule has 1 saturated heterocycles. The van der Waals surface area contributed by atoms with Gasteiger partial charge >= 0.3 is 0 Å². The lowest BCUT2D eigenvalue weighted by Gasteiger charge is -2.38. The summed E-state index contributed by atoms with van der Waals surface area (Å²) < 4.78 is 28.9. The SMILES string of the molecule is Cc1csc(NC(=O)CN2CCN(S(=O)(=O)N(C)C3CCCCC3)CC2)n1. The zero-order chi connectivity index (χ0) is 19.4. The first kappa shape index (κ1) is 20.7. The number of thiazole rings is 1. The zero-order valence-corrected chi connectivity index (χ0v) is 17.7. The molecule has 10 heteroatoms. The third-order valence-corrected chi connectivity index (χ3v) is 8.26. The average molecular weight is 416 g/mol. The highest BCUT2D eigenvalue weighted by Gasteiger charge is 2.34. The van der Waals surface area contributed by atoms with Crippen molar-refractivity contribution in [1.29, 1.82) is 0 Å². The summed E-state index contributed by atoms with van der Waals surface area (Å²) in [5, 5.41) is 5.29. The van der Waals surface area contributed by atoms with E-state index in [2.05, 4.69) is 10.3 Å². The van der Waals surface area contributed by atoms with Crippen molar-refractivity contribution in [3.05, 3.63) is 11.1 Å². The second-order valence-corrected chi connectivity index (χ2v) is 10.2. The lowest BCUT2D eigenvalue weighted by atomic mass is 9.96. The monoisotopic (exact) mass is 415 g/mol. The Balaban J connectivity index is 1.48. The lowest BCUT2D eigenvalue weighted by Crippen LogP contribution is -2.55. The smallest absolute Gasteiger partial charge is 0.282 e. The number of piperazine rings is 1. The maximum absolute atomic E-state index is 12.9. The van der Waals surface area contributed by atoms with Crippen molar-refractivity contribution >= 4 is 32.6 Å². The van der Waals surface area contributed by atoms with E-state index in [0.29, 0.717) is 31.3 Å². The van der Waals surface area contributed by atoms with Crippen molar-refractivity contribution in [3.8, 4) is 0 Å². The van der Waals surface area contributed by atoms with Crippen molar-refractivity contribution in [2.24, 2.45) is 0 Å². The van der Waals surface area contributed by atoms with Gasteiger partial charge in [0, 0.05) is 44.6 Å². The maximum atomic E-state index is 12.9. The van der Waals surface area contributed by atoms with Crippen molar-refractivity contribution < 1.29 is 13.2 Å². The molecule has 1 aromatic heterocycles. The van der Waals surface area contributed by atoms with Crippen molar-refractivity contribution in [3.63, 3.8) is 0 Å². The van der Waals surface area contributed by atoms with Gasteiger partial charge in [-0.05, 0) is 19.8 Å². The number of aryl methyl sites for hydroxylation is 1. The fraction of sp³-hybridized carbons (Fsp3) is 0.765. The second kappa shape index (κ2) is 8.95. The first-order chi connectivity index (χ1) is 12.9. The molecule has 27 heavy (non-hydrogen) atoms. The summed E-state index contributed by atoms with van der Waals surface area (Å²) in [6.07, 6.45) is 5.31. The number of nitrogens with zero attached hydrogens (tertiary/aromatic N) is 4. The molecule has 1 aliphatic carbocycles. The molecule has 0 atom stereocenters. The Morgan fingerprint density at radius 2 is 1.93 bits per heavy atom. The van der Waals surface area contributed by atoms with Crippen LogP contribution in [0, 0.1) is 6.92 Å². The van der Waals surface area contributed by atoms with Gasteiger partial charge in [-0.2, -0.15) is 17.0 Å². The maximum Gasteiger partial charge on any atom is 0.282 e. The number of anilines is 1. The van der Waals surface area contributed by atoms with Gasteiger partial charge < -0.3 is 5.32 Å². The van der Waals surface area contributed by atoms with Gasteiger partial charge in [-0.3, -0.25) is 9.69 Å². The van der Waals surface area contributed by atoms with Gasteiger partial charge in [-0.25, -0.2) is 4.98 Å². The molecular weight excluding hydrogens is 386 g/mol. The first-order valence-electron chi connectivity index (χ1n) is 9.53. The molecule has 8 nitrogen and oxygen atoms in total. The largest absolute Gasteiger partial charge is 0.301 e. The van der Waals surface area contributed by atoms with E-state index in [0.717, 1.165) is 31.4 Å². The average Bonchev–Trinajstić information content (AvgIpc) is 3.06. The molecule has 1 N–H and O–H groups in total. The van der Waals surface area contributed by atoms with Crippen LogP contribution in [0.25, 0.3) is 0 Å². The molecule has 1 amide bonds. The van der Waals surface area contributed by atoms with Gasteiger partial charge in [0.05, 0.1) is 12.2 Å². The molecule has 1 aromatic rings. The minimum absolute atomic E-state index is 0.111. The minimum atomic E-state index is -3.43. The summed E-state index contributed by atoms with van der Waals surface area (Å²) in [5.41, 5.74) is 0.885. The molecule has 2 heterocycles. The summed E-state index contributed by atoms with van der Waals surface area (Å²) in [7, 11) is -1.72. The van der Waals surface area contributed by atoms with Crippen molar-refractivity contribution in [2.45, 2.75) is 45.1 Å². The third kappa shape index (κ3) is 5.26. The number of hydrogen-bond donors (Lipinski definition) is 1. The highest BCUT2D eigenvalue weighted by molar-refractivity contribution is 7.86. The highest BCUT2D eigenvalue weighted by Crippen LogP contribution is 2.25. The van der Waals surface area contributed by atoms with Gasteiger partial charge in [0.2, 0.25) is 5.91 Å². The summed E-state index contributed by atoms with van der Waals surface area (Å²) in [4.78, 5) is 18.4. The molecule has 0 spiro atoms. The summed E-state index contributed by atoms with van der Waals surface area (Å²) in [6.45, 7) is 4.09. The van der Waals surface area contributed by atoms with Gasteiger partial charge in [0.25, 0.3) is 10.2 Å². The summed E-state index contributed by atoms with van der Waals surface area (Å²) in [6, 6.07) is 0.120. The molecule has 152 valence electrons. The lowest BCUT2D eigenvalue weighted by molar-refractivity contribution is -0.117. The topological polar surface area (TPSA) is 85.8 Å². The van der Waals surface area contributed by atoms with Crippen LogP contribution in [-0.4, -0.2) is 78.6 Å². The summed E-state index contributed by atoms with van der Waals surface area (Å²) >= 11 is 1.41. The van der Waals surface area contributed by atoms with Crippen molar-refractivity contribution in [1.82, 2.24) is 18.5 Å². The van der Waals surface area contributed by atoms with Crippen LogP contribution < -0.4 is 5.32 Å². The second-order valence-electron chi connectivity index (χ2n) is 7.33. The molecular formula is C17H29N5O3S2. The molecule has 0 unspecified atom stereocenters. The van der Waals surface area contributed by atoms with E-state index in [-0.39, 0.29) is 18.5 Å². The zero-order valence-electron chi connectivity index (χ0n) is 16.1. The number of hydrogen-bond acceptors (Lipinski definition) is 6. The van der Waals surface area contributed by atoms with E-state index in [1.54, 1.807) is 15.7 Å². The van der Waals surface area contributed by atoms with E-state index >= 15 is 0 Å². The molecule has 1 saturated carbocycles. The molecule has 0 aromatic carbocycles. The third-order valence-electron chi connectivity index (χ3n) is 5.34. The minimum Gasteiger partial charge on any atom is -0.301 e.